The van der Waals surface area contributed by atoms with Crippen molar-refractivity contribution in [1.82, 2.24) is 0 Å². The molecule has 0 fully saturated rings. The molecule has 0 spiro atoms. The predicted molar refractivity (Wildman–Crippen MR) is 45.0 cm³/mol. The van der Waals surface area contributed by atoms with E-state index < -0.39 is 5.97 Å². The molecule has 0 radical (unpaired) electrons. The van der Waals surface area contributed by atoms with Gasteiger partial charge in [-0.2, -0.15) is 0 Å². The minimum absolute atomic E-state index is 0.310. The van der Waals surface area contributed by atoms with Gasteiger partial charge in [0, 0.05) is 4.88 Å². The predicted octanol–water partition coefficient (Wildman–Crippen LogP) is 2.33. The van der Waals surface area contributed by atoms with Gasteiger partial charge in [0.1, 0.15) is 0 Å². The second-order valence-corrected chi connectivity index (χ2v) is 3.29. The van der Waals surface area contributed by atoms with E-state index in [-0.39, 0.29) is 5.92 Å². The van der Waals surface area contributed by atoms with Crippen LogP contribution < -0.4 is 0 Å². The van der Waals surface area contributed by atoms with Crippen LogP contribution in [0, 0.1) is 0 Å². The topological polar surface area (TPSA) is 37.3 Å². The summed E-state index contributed by atoms with van der Waals surface area (Å²) >= 11 is 1.50. The fourth-order valence-corrected chi connectivity index (χ4v) is 1.89. The Morgan fingerprint density at radius 2 is 2.55 bits per heavy atom. The van der Waals surface area contributed by atoms with Gasteiger partial charge in [0.15, 0.2) is 0 Å². The largest absolute Gasteiger partial charge is 0.481 e. The summed E-state index contributed by atoms with van der Waals surface area (Å²) in [6, 6.07) is 3.75. The van der Waals surface area contributed by atoms with Gasteiger partial charge in [-0.15, -0.1) is 11.3 Å². The molecule has 0 saturated heterocycles. The summed E-state index contributed by atoms with van der Waals surface area (Å²) in [5.41, 5.74) is 0. The first-order valence-corrected chi connectivity index (χ1v) is 4.40. The lowest BCUT2D eigenvalue weighted by Crippen LogP contribution is -2.08. The first-order valence-electron chi connectivity index (χ1n) is 3.52. The van der Waals surface area contributed by atoms with Gasteiger partial charge >= 0.3 is 5.97 Å². The van der Waals surface area contributed by atoms with Crippen molar-refractivity contribution in [2.24, 2.45) is 0 Å². The third-order valence-corrected chi connectivity index (χ3v) is 2.58. The van der Waals surface area contributed by atoms with Crippen molar-refractivity contribution in [2.75, 3.05) is 0 Å². The summed E-state index contributed by atoms with van der Waals surface area (Å²) in [6.07, 6.45) is 0.663. The summed E-state index contributed by atoms with van der Waals surface area (Å²) in [5, 5.41) is 10.7. The molecule has 1 N–H and O–H groups in total. The number of aliphatic carboxylic acids is 1. The lowest BCUT2D eigenvalue weighted by atomic mass is 10.1. The summed E-state index contributed by atoms with van der Waals surface area (Å²) in [6.45, 7) is 1.89. The average Bonchev–Trinajstić information content (AvgIpc) is 2.40. The number of carboxylic acid groups (broad SMARTS) is 1. The number of rotatable bonds is 3. The van der Waals surface area contributed by atoms with Crippen LogP contribution in [0.2, 0.25) is 0 Å². The maximum Gasteiger partial charge on any atom is 0.311 e. The first kappa shape index (κ1) is 8.27. The molecular formula is C8H10O2S. The Bertz CT molecular complexity index is 228. The van der Waals surface area contributed by atoms with Gasteiger partial charge in [0.2, 0.25) is 0 Å². The molecule has 1 heterocycles. The quantitative estimate of drug-likeness (QED) is 0.755. The molecule has 2 nitrogen and oxygen atoms in total. The number of carboxylic acids is 1. The molecule has 0 saturated carbocycles. The van der Waals surface area contributed by atoms with Gasteiger partial charge in [-0.25, -0.2) is 0 Å². The van der Waals surface area contributed by atoms with Crippen molar-refractivity contribution in [1.29, 1.82) is 0 Å². The molecule has 0 aromatic carbocycles. The van der Waals surface area contributed by atoms with E-state index in [1.165, 1.54) is 11.3 Å². The van der Waals surface area contributed by atoms with E-state index in [1.807, 2.05) is 24.4 Å². The molecular weight excluding hydrogens is 160 g/mol. The molecule has 0 aliphatic heterocycles. The van der Waals surface area contributed by atoms with Crippen molar-refractivity contribution in [3.8, 4) is 0 Å². The van der Waals surface area contributed by atoms with Gasteiger partial charge < -0.3 is 5.11 Å². The number of thiophene rings is 1. The Hall–Kier alpha value is -0.830. The second kappa shape index (κ2) is 3.53. The van der Waals surface area contributed by atoms with E-state index >= 15 is 0 Å². The minimum atomic E-state index is -0.727. The van der Waals surface area contributed by atoms with Gasteiger partial charge in [0.25, 0.3) is 0 Å². The molecule has 0 amide bonds. The molecule has 60 valence electrons. The minimum Gasteiger partial charge on any atom is -0.481 e. The van der Waals surface area contributed by atoms with E-state index in [1.54, 1.807) is 0 Å². The standard InChI is InChI=1S/C8H10O2S/c1-2-6(8(9)10)7-4-3-5-11-7/h3-6H,2H2,1H3,(H,9,10)/t6-/m0/s1. The van der Waals surface area contributed by atoms with E-state index in [2.05, 4.69) is 0 Å². The van der Waals surface area contributed by atoms with Crippen LogP contribution in [0.25, 0.3) is 0 Å². The molecule has 1 aromatic heterocycles. The summed E-state index contributed by atoms with van der Waals surface area (Å²) in [5.74, 6) is -1.04. The van der Waals surface area contributed by atoms with Crippen molar-refractivity contribution >= 4 is 17.3 Å². The van der Waals surface area contributed by atoms with Gasteiger partial charge in [-0.3, -0.25) is 4.79 Å². The van der Waals surface area contributed by atoms with Crippen molar-refractivity contribution in [3.05, 3.63) is 22.4 Å². The van der Waals surface area contributed by atoms with Crippen LogP contribution in [-0.2, 0) is 4.79 Å². The van der Waals surface area contributed by atoms with Crippen molar-refractivity contribution < 1.29 is 9.90 Å². The Morgan fingerprint density at radius 3 is 2.91 bits per heavy atom. The maximum absolute atomic E-state index is 10.6. The SMILES string of the molecule is CC[C@H](C(=O)O)c1cccs1. The van der Waals surface area contributed by atoms with Gasteiger partial charge in [-0.1, -0.05) is 13.0 Å². The second-order valence-electron chi connectivity index (χ2n) is 2.31. The molecule has 0 aliphatic rings. The lowest BCUT2D eigenvalue weighted by molar-refractivity contribution is -0.138. The molecule has 0 aliphatic carbocycles. The normalized spacial score (nSPS) is 12.8. The molecule has 0 unspecified atom stereocenters. The Balaban J connectivity index is 2.79. The third-order valence-electron chi connectivity index (χ3n) is 1.59. The average molecular weight is 170 g/mol. The van der Waals surface area contributed by atoms with E-state index in [9.17, 15) is 4.79 Å². The summed E-state index contributed by atoms with van der Waals surface area (Å²) in [4.78, 5) is 11.6. The van der Waals surface area contributed by atoms with Crippen LogP contribution >= 0.6 is 11.3 Å². The zero-order valence-corrected chi connectivity index (χ0v) is 7.10. The van der Waals surface area contributed by atoms with Crippen molar-refractivity contribution in [2.45, 2.75) is 19.3 Å². The van der Waals surface area contributed by atoms with Gasteiger partial charge in [-0.05, 0) is 17.9 Å². The zero-order chi connectivity index (χ0) is 8.27. The lowest BCUT2D eigenvalue weighted by Gasteiger charge is -2.04. The van der Waals surface area contributed by atoms with E-state index in [0.29, 0.717) is 6.42 Å². The highest BCUT2D eigenvalue weighted by Gasteiger charge is 2.17. The molecule has 3 heteroatoms. The summed E-state index contributed by atoms with van der Waals surface area (Å²) in [7, 11) is 0. The molecule has 1 aromatic rings. The Kier molecular flexibility index (Phi) is 2.65. The molecule has 0 bridgehead atoms. The molecule has 11 heavy (non-hydrogen) atoms. The number of hydrogen-bond donors (Lipinski definition) is 1. The van der Waals surface area contributed by atoms with Crippen LogP contribution in [0.1, 0.15) is 24.1 Å². The van der Waals surface area contributed by atoms with E-state index in [0.717, 1.165) is 4.88 Å². The van der Waals surface area contributed by atoms with Crippen LogP contribution in [0.4, 0.5) is 0 Å². The van der Waals surface area contributed by atoms with Crippen molar-refractivity contribution in [3.63, 3.8) is 0 Å². The Morgan fingerprint density at radius 1 is 1.82 bits per heavy atom. The van der Waals surface area contributed by atoms with Gasteiger partial charge in [0.05, 0.1) is 5.92 Å². The fraction of sp³-hybridized carbons (Fsp3) is 0.375. The third kappa shape index (κ3) is 1.80. The Labute approximate surface area is 69.5 Å². The highest BCUT2D eigenvalue weighted by Crippen LogP contribution is 2.23. The van der Waals surface area contributed by atoms with Crippen LogP contribution in [-0.4, -0.2) is 11.1 Å². The molecule has 1 rings (SSSR count). The highest BCUT2D eigenvalue weighted by atomic mass is 32.1. The zero-order valence-electron chi connectivity index (χ0n) is 6.28. The van der Waals surface area contributed by atoms with Crippen LogP contribution in [0.5, 0.6) is 0 Å². The highest BCUT2D eigenvalue weighted by molar-refractivity contribution is 7.10. The fourth-order valence-electron chi connectivity index (χ4n) is 0.987. The van der Waals surface area contributed by atoms with Crippen LogP contribution in [0.15, 0.2) is 17.5 Å². The number of hydrogen-bond acceptors (Lipinski definition) is 2. The maximum atomic E-state index is 10.6. The van der Waals surface area contributed by atoms with Crippen LogP contribution in [0.3, 0.4) is 0 Å². The first-order chi connectivity index (χ1) is 5.25. The number of carbonyl (C=O) groups is 1. The monoisotopic (exact) mass is 170 g/mol. The smallest absolute Gasteiger partial charge is 0.311 e. The summed E-state index contributed by atoms with van der Waals surface area (Å²) < 4.78 is 0. The van der Waals surface area contributed by atoms with E-state index in [4.69, 9.17) is 5.11 Å². The molecule has 1 atom stereocenters.